The third kappa shape index (κ3) is 7.97. The quantitative estimate of drug-likeness (QED) is 0.341. The molecule has 0 spiro atoms. The third-order valence-corrected chi connectivity index (χ3v) is 5.02. The van der Waals surface area contributed by atoms with Gasteiger partial charge in [0.2, 0.25) is 0 Å². The van der Waals surface area contributed by atoms with Gasteiger partial charge in [-0.2, -0.15) is 4.90 Å². The van der Waals surface area contributed by atoms with Crippen molar-refractivity contribution in [3.8, 4) is 0 Å². The van der Waals surface area contributed by atoms with Crippen LogP contribution >= 0.6 is 11.8 Å². The molecule has 0 aliphatic carbocycles. The molecule has 0 radical (unpaired) electrons. The molecule has 2 aromatic carbocycles. The van der Waals surface area contributed by atoms with Crippen LogP contribution in [0.1, 0.15) is 26.3 Å². The molecule has 0 aromatic heterocycles. The summed E-state index contributed by atoms with van der Waals surface area (Å²) in [6.45, 7) is 4.96. The number of hydrogen-bond acceptors (Lipinski definition) is 7. The van der Waals surface area contributed by atoms with E-state index in [9.17, 15) is 14.4 Å². The number of amides is 2. The van der Waals surface area contributed by atoms with Crippen molar-refractivity contribution < 1.29 is 28.6 Å². The highest BCUT2D eigenvalue weighted by Gasteiger charge is 2.39. The van der Waals surface area contributed by atoms with Crippen molar-refractivity contribution in [3.63, 3.8) is 0 Å². The summed E-state index contributed by atoms with van der Waals surface area (Å²) in [6.07, 6.45) is -1.96. The monoisotopic (exact) mass is 445 g/mol. The van der Waals surface area contributed by atoms with Crippen LogP contribution in [0.4, 0.5) is 9.59 Å². The molecule has 31 heavy (non-hydrogen) atoms. The summed E-state index contributed by atoms with van der Waals surface area (Å²) in [5.41, 5.74) is -0.129. The van der Waals surface area contributed by atoms with Crippen LogP contribution in [0.25, 0.3) is 0 Å². The number of ether oxygens (including phenoxy) is 3. The van der Waals surface area contributed by atoms with Crippen LogP contribution in [0, 0.1) is 0 Å². The maximum Gasteiger partial charge on any atom is 0.420 e. The first-order valence-electron chi connectivity index (χ1n) is 9.70. The van der Waals surface area contributed by atoms with Crippen LogP contribution in [0.5, 0.6) is 0 Å². The molecule has 2 amide bonds. The number of nitrogens with zero attached hydrogens (tertiary/aromatic N) is 1. The van der Waals surface area contributed by atoms with Crippen LogP contribution in [-0.4, -0.2) is 47.6 Å². The summed E-state index contributed by atoms with van der Waals surface area (Å²) in [5.74, 6) is -0.665. The molecule has 0 saturated heterocycles. The van der Waals surface area contributed by atoms with Gasteiger partial charge in [0.25, 0.3) is 0 Å². The van der Waals surface area contributed by atoms with Gasteiger partial charge in [-0.3, -0.25) is 0 Å². The Bertz CT molecular complexity index is 867. The maximum atomic E-state index is 12.9. The zero-order valence-electron chi connectivity index (χ0n) is 18.1. The highest BCUT2D eigenvalue weighted by molar-refractivity contribution is 7.99. The molecule has 0 N–H and O–H groups in total. The van der Waals surface area contributed by atoms with E-state index in [-0.39, 0.29) is 12.4 Å². The van der Waals surface area contributed by atoms with Gasteiger partial charge in [-0.1, -0.05) is 48.5 Å². The van der Waals surface area contributed by atoms with Gasteiger partial charge in [0.15, 0.2) is 6.04 Å². The van der Waals surface area contributed by atoms with Gasteiger partial charge in [-0.15, -0.1) is 11.8 Å². The molecule has 166 valence electrons. The summed E-state index contributed by atoms with van der Waals surface area (Å²) >= 11 is 1.31. The number of carbonyl (C=O) groups is 3. The fraction of sp³-hybridized carbons (Fsp3) is 0.348. The number of thioether (sulfide) groups is 1. The van der Waals surface area contributed by atoms with Gasteiger partial charge < -0.3 is 14.2 Å². The van der Waals surface area contributed by atoms with Crippen molar-refractivity contribution in [2.75, 3.05) is 12.9 Å². The fourth-order valence-electron chi connectivity index (χ4n) is 2.50. The van der Waals surface area contributed by atoms with Crippen LogP contribution in [0.3, 0.4) is 0 Å². The topological polar surface area (TPSA) is 82.1 Å². The third-order valence-electron chi connectivity index (χ3n) is 3.93. The lowest BCUT2D eigenvalue weighted by atomic mass is 10.2. The Morgan fingerprint density at radius 2 is 1.52 bits per heavy atom. The second kappa shape index (κ2) is 11.4. The van der Waals surface area contributed by atoms with E-state index in [1.165, 1.54) is 18.9 Å². The van der Waals surface area contributed by atoms with E-state index in [1.54, 1.807) is 32.9 Å². The van der Waals surface area contributed by atoms with Crippen molar-refractivity contribution in [2.24, 2.45) is 0 Å². The number of rotatable bonds is 7. The Labute approximate surface area is 186 Å². The second-order valence-electron chi connectivity index (χ2n) is 7.55. The van der Waals surface area contributed by atoms with E-state index in [0.717, 1.165) is 10.5 Å². The van der Waals surface area contributed by atoms with E-state index in [4.69, 9.17) is 14.2 Å². The highest BCUT2D eigenvalue weighted by Crippen LogP contribution is 2.23. The normalized spacial score (nSPS) is 11.9. The first kappa shape index (κ1) is 24.3. The van der Waals surface area contributed by atoms with Crippen LogP contribution < -0.4 is 0 Å². The Kier molecular flexibility index (Phi) is 8.93. The average molecular weight is 446 g/mol. The number of carbonyl (C=O) groups excluding carboxylic acids is 3. The number of esters is 1. The largest absolute Gasteiger partial charge is 0.467 e. The Morgan fingerprint density at radius 3 is 2.06 bits per heavy atom. The Morgan fingerprint density at radius 1 is 0.935 bits per heavy atom. The minimum atomic E-state index is -1.23. The Balaban J connectivity index is 2.25. The van der Waals surface area contributed by atoms with Crippen molar-refractivity contribution in [3.05, 3.63) is 66.2 Å². The standard InChI is InChI=1S/C23H27NO6S/c1-23(2,3)30-22(27)24(21(26)29-15-17-11-7-5-8-12-17)19(20(25)28-4)16-31-18-13-9-6-10-14-18/h5-14,19H,15-16H2,1-4H3/t19-/m0/s1. The van der Waals surface area contributed by atoms with E-state index < -0.39 is 29.8 Å². The minimum absolute atomic E-state index is 0.0569. The molecule has 0 fully saturated rings. The van der Waals surface area contributed by atoms with Gasteiger partial charge in [0, 0.05) is 10.6 Å². The van der Waals surface area contributed by atoms with Crippen molar-refractivity contribution in [1.82, 2.24) is 4.90 Å². The molecule has 0 aliphatic heterocycles. The zero-order chi connectivity index (χ0) is 22.9. The summed E-state index contributed by atoms with van der Waals surface area (Å²) in [7, 11) is 1.20. The predicted octanol–water partition coefficient (Wildman–Crippen LogP) is 4.89. The molecule has 2 aromatic rings. The molecule has 0 heterocycles. The van der Waals surface area contributed by atoms with Crippen molar-refractivity contribution in [2.45, 2.75) is 43.9 Å². The highest BCUT2D eigenvalue weighted by atomic mass is 32.2. The zero-order valence-corrected chi connectivity index (χ0v) is 18.9. The van der Waals surface area contributed by atoms with Gasteiger partial charge in [0.1, 0.15) is 12.2 Å². The van der Waals surface area contributed by atoms with E-state index in [1.807, 2.05) is 48.5 Å². The lowest BCUT2D eigenvalue weighted by Gasteiger charge is -2.30. The SMILES string of the molecule is COC(=O)[C@H](CSc1ccccc1)N(C(=O)OCc1ccccc1)C(=O)OC(C)(C)C. The number of methoxy groups -OCH3 is 1. The minimum Gasteiger partial charge on any atom is -0.467 e. The van der Waals surface area contributed by atoms with Crippen molar-refractivity contribution >= 4 is 29.9 Å². The molecule has 0 unspecified atom stereocenters. The summed E-state index contributed by atoms with van der Waals surface area (Å²) in [6, 6.07) is 17.1. The molecule has 1 atom stereocenters. The van der Waals surface area contributed by atoms with Crippen LogP contribution in [0.2, 0.25) is 0 Å². The first-order valence-corrected chi connectivity index (χ1v) is 10.7. The summed E-state index contributed by atoms with van der Waals surface area (Å²) in [4.78, 5) is 39.9. The summed E-state index contributed by atoms with van der Waals surface area (Å²) in [5, 5.41) is 0. The van der Waals surface area contributed by atoms with Crippen LogP contribution in [-0.2, 0) is 25.6 Å². The molecule has 2 rings (SSSR count). The molecule has 0 aliphatic rings. The average Bonchev–Trinajstić information content (AvgIpc) is 2.74. The van der Waals surface area contributed by atoms with E-state index in [0.29, 0.717) is 4.90 Å². The lowest BCUT2D eigenvalue weighted by molar-refractivity contribution is -0.145. The summed E-state index contributed by atoms with van der Waals surface area (Å²) < 4.78 is 15.6. The number of hydrogen-bond donors (Lipinski definition) is 0. The lowest BCUT2D eigenvalue weighted by Crippen LogP contribution is -2.52. The first-order chi connectivity index (χ1) is 14.7. The molecule has 0 bridgehead atoms. The smallest absolute Gasteiger partial charge is 0.420 e. The Hall–Kier alpha value is -3.00. The molecule has 0 saturated carbocycles. The predicted molar refractivity (Wildman–Crippen MR) is 118 cm³/mol. The molecular formula is C23H27NO6S. The van der Waals surface area contributed by atoms with Gasteiger partial charge >= 0.3 is 18.2 Å². The van der Waals surface area contributed by atoms with E-state index in [2.05, 4.69) is 0 Å². The van der Waals surface area contributed by atoms with Gasteiger partial charge in [-0.25, -0.2) is 14.4 Å². The van der Waals surface area contributed by atoms with Gasteiger partial charge in [-0.05, 0) is 38.5 Å². The molecule has 8 heteroatoms. The van der Waals surface area contributed by atoms with Crippen molar-refractivity contribution in [1.29, 1.82) is 0 Å². The van der Waals surface area contributed by atoms with E-state index >= 15 is 0 Å². The molecular weight excluding hydrogens is 418 g/mol. The second-order valence-corrected chi connectivity index (χ2v) is 8.65. The number of benzene rings is 2. The maximum absolute atomic E-state index is 12.9. The molecule has 7 nitrogen and oxygen atoms in total. The number of imide groups is 1. The van der Waals surface area contributed by atoms with Gasteiger partial charge in [0.05, 0.1) is 7.11 Å². The fourth-order valence-corrected chi connectivity index (χ4v) is 3.49. The van der Waals surface area contributed by atoms with Crippen LogP contribution in [0.15, 0.2) is 65.6 Å².